The van der Waals surface area contributed by atoms with Gasteiger partial charge < -0.3 is 20.5 Å². The molecule has 1 saturated heterocycles. The highest BCUT2D eigenvalue weighted by Gasteiger charge is 2.25. The Balaban J connectivity index is 0.962. The largest absolute Gasteiger partial charge is 0.387 e. The summed E-state index contributed by atoms with van der Waals surface area (Å²) in [6.45, 7) is 4.14. The van der Waals surface area contributed by atoms with Crippen molar-refractivity contribution in [2.75, 3.05) is 31.5 Å². The molecule has 3 aromatic carbocycles. The minimum Gasteiger partial charge on any atom is -0.387 e. The minimum atomic E-state index is -0.286. The molecule has 1 aromatic heterocycles. The van der Waals surface area contributed by atoms with Crippen molar-refractivity contribution < 1.29 is 8.91 Å². The fourth-order valence-electron chi connectivity index (χ4n) is 5.90. The fraction of sp³-hybridized carbons (Fsp3) is 0.355. The van der Waals surface area contributed by atoms with Gasteiger partial charge in [-0.2, -0.15) is 0 Å². The molecule has 0 saturated carbocycles. The summed E-state index contributed by atoms with van der Waals surface area (Å²) in [5, 5.41) is 8.79. The Hall–Kier alpha value is -3.71. The van der Waals surface area contributed by atoms with E-state index in [1.165, 1.54) is 23.3 Å². The van der Waals surface area contributed by atoms with Crippen LogP contribution >= 0.6 is 0 Å². The maximum Gasteiger partial charge on any atom is 0.170 e. The minimum absolute atomic E-state index is 0.257. The molecule has 3 N–H and O–H groups in total. The van der Waals surface area contributed by atoms with Gasteiger partial charge in [0, 0.05) is 41.9 Å². The van der Waals surface area contributed by atoms with E-state index >= 15 is 0 Å². The van der Waals surface area contributed by atoms with Crippen molar-refractivity contribution in [3.8, 4) is 0 Å². The van der Waals surface area contributed by atoms with Gasteiger partial charge in [0.25, 0.3) is 0 Å². The average Bonchev–Trinajstić information content (AvgIpc) is 3.36. The van der Waals surface area contributed by atoms with Crippen LogP contribution in [0.2, 0.25) is 0 Å². The van der Waals surface area contributed by atoms with Gasteiger partial charge in [-0.25, -0.2) is 9.38 Å². The lowest BCUT2D eigenvalue weighted by Gasteiger charge is -2.31. The molecule has 6 nitrogen and oxygen atoms in total. The first-order valence-electron chi connectivity index (χ1n) is 13.7. The number of nitrogens with one attached hydrogen (secondary N) is 1. The number of fused-ring (bicyclic) bond motifs is 2. The first kappa shape index (κ1) is 24.6. The number of nitrogens with two attached hydrogens (primary N) is 1. The number of halogens is 1. The third kappa shape index (κ3) is 5.29. The molecule has 1 unspecified atom stereocenters. The van der Waals surface area contributed by atoms with E-state index in [0.29, 0.717) is 17.3 Å². The zero-order chi connectivity index (χ0) is 25.9. The van der Waals surface area contributed by atoms with Crippen molar-refractivity contribution in [1.29, 1.82) is 0 Å². The molecule has 1 fully saturated rings. The number of aromatic nitrogens is 1. The normalized spacial score (nSPS) is 18.3. The summed E-state index contributed by atoms with van der Waals surface area (Å²) in [6.07, 6.45) is 5.13. The molecule has 38 heavy (non-hydrogen) atoms. The van der Waals surface area contributed by atoms with Gasteiger partial charge in [-0.3, -0.25) is 0 Å². The molecule has 6 rings (SSSR count). The van der Waals surface area contributed by atoms with E-state index in [2.05, 4.69) is 62.8 Å². The van der Waals surface area contributed by atoms with E-state index < -0.39 is 0 Å². The highest BCUT2D eigenvalue weighted by atomic mass is 19.1. The molecule has 4 aromatic rings. The van der Waals surface area contributed by atoms with Crippen molar-refractivity contribution in [3.05, 3.63) is 89.4 Å². The van der Waals surface area contributed by atoms with E-state index in [0.717, 1.165) is 80.7 Å². The second kappa shape index (κ2) is 11.0. The van der Waals surface area contributed by atoms with Crippen LogP contribution in [0.4, 0.5) is 15.8 Å². The summed E-state index contributed by atoms with van der Waals surface area (Å²) >= 11 is 0. The van der Waals surface area contributed by atoms with E-state index in [9.17, 15) is 4.39 Å². The van der Waals surface area contributed by atoms with Gasteiger partial charge in [0.1, 0.15) is 11.7 Å². The maximum atomic E-state index is 13.5. The monoisotopic (exact) mass is 511 g/mol. The number of amidine groups is 1. The van der Waals surface area contributed by atoms with Crippen LogP contribution in [-0.2, 0) is 0 Å². The first-order chi connectivity index (χ1) is 18.6. The summed E-state index contributed by atoms with van der Waals surface area (Å²) in [6, 6.07) is 21.7. The van der Waals surface area contributed by atoms with Gasteiger partial charge in [-0.05, 0) is 80.7 Å². The molecule has 0 spiro atoms. The lowest BCUT2D eigenvalue weighted by molar-refractivity contribution is 0.206. The van der Waals surface area contributed by atoms with Crippen LogP contribution < -0.4 is 11.1 Å². The van der Waals surface area contributed by atoms with Crippen molar-refractivity contribution >= 4 is 28.2 Å². The Labute approximate surface area is 222 Å². The number of nitrogens with zero attached hydrogens (tertiary/aromatic N) is 3. The number of unbranched alkanes of at least 4 members (excludes halogenated alkanes) is 1. The number of rotatable bonds is 8. The zero-order valence-electron chi connectivity index (χ0n) is 21.6. The van der Waals surface area contributed by atoms with Crippen LogP contribution in [0.15, 0.2) is 76.2 Å². The maximum absolute atomic E-state index is 13.5. The van der Waals surface area contributed by atoms with Crippen LogP contribution in [0.25, 0.3) is 11.0 Å². The predicted molar refractivity (Wildman–Crippen MR) is 151 cm³/mol. The van der Waals surface area contributed by atoms with E-state index in [4.69, 9.17) is 10.3 Å². The highest BCUT2D eigenvalue weighted by Crippen LogP contribution is 2.39. The second-order valence-electron chi connectivity index (χ2n) is 10.5. The van der Waals surface area contributed by atoms with Crippen LogP contribution in [0.3, 0.4) is 0 Å². The van der Waals surface area contributed by atoms with Crippen LogP contribution in [-0.4, -0.2) is 42.1 Å². The number of benzene rings is 3. The highest BCUT2D eigenvalue weighted by molar-refractivity contribution is 5.88. The molecule has 0 radical (unpaired) electrons. The summed E-state index contributed by atoms with van der Waals surface area (Å²) in [5.74, 6) is 1.04. The molecule has 196 valence electrons. The summed E-state index contributed by atoms with van der Waals surface area (Å²) in [5.41, 5.74) is 12.3. The van der Waals surface area contributed by atoms with Gasteiger partial charge in [0.2, 0.25) is 0 Å². The second-order valence-corrected chi connectivity index (χ2v) is 10.5. The summed E-state index contributed by atoms with van der Waals surface area (Å²) in [4.78, 5) is 7.19. The molecule has 0 aliphatic carbocycles. The Bertz CT molecular complexity index is 1420. The smallest absolute Gasteiger partial charge is 0.170 e. The molecular weight excluding hydrogens is 477 g/mol. The fourth-order valence-corrected chi connectivity index (χ4v) is 5.90. The molecule has 7 heteroatoms. The van der Waals surface area contributed by atoms with Crippen molar-refractivity contribution in [2.24, 2.45) is 10.7 Å². The predicted octanol–water partition coefficient (Wildman–Crippen LogP) is 6.56. The Morgan fingerprint density at radius 3 is 2.68 bits per heavy atom. The number of hydrogen-bond donors (Lipinski definition) is 2. The Morgan fingerprint density at radius 1 is 1.00 bits per heavy atom. The zero-order valence-corrected chi connectivity index (χ0v) is 21.6. The molecule has 0 amide bonds. The lowest BCUT2D eigenvalue weighted by atomic mass is 9.85. The SMILES string of the molecule is NC1=Nc2cc(NCCCCN3CCC(c4noc5cc(F)ccc45)CC3)ccc2C(c2ccccc2)C1. The van der Waals surface area contributed by atoms with E-state index in [1.54, 1.807) is 6.07 Å². The third-order valence-electron chi connectivity index (χ3n) is 7.95. The van der Waals surface area contributed by atoms with Crippen LogP contribution in [0.1, 0.15) is 60.8 Å². The standard InChI is InChI=1S/C31H34FN5O/c32-23-8-10-26-29(18-23)38-36-31(26)22-12-16-37(17-13-22)15-5-4-14-34-24-9-11-25-27(21-6-2-1-3-7-21)20-30(33)35-28(25)19-24/h1-3,6-11,18-19,22,27,34H,4-5,12-17,20H2,(H2,33,35). The summed E-state index contributed by atoms with van der Waals surface area (Å²) < 4.78 is 18.8. The number of likely N-dealkylation sites (tertiary alicyclic amines) is 1. The number of anilines is 1. The molecule has 2 aliphatic heterocycles. The van der Waals surface area contributed by atoms with Gasteiger partial charge in [0.15, 0.2) is 5.58 Å². The molecule has 2 aliphatic rings. The first-order valence-corrected chi connectivity index (χ1v) is 13.7. The van der Waals surface area contributed by atoms with Crippen molar-refractivity contribution in [2.45, 2.75) is 43.9 Å². The molecule has 3 heterocycles. The number of piperidine rings is 1. The topological polar surface area (TPSA) is 79.7 Å². The van der Waals surface area contributed by atoms with Crippen LogP contribution in [0.5, 0.6) is 0 Å². The van der Waals surface area contributed by atoms with Crippen molar-refractivity contribution in [1.82, 2.24) is 10.1 Å². The molecule has 0 bridgehead atoms. The van der Waals surface area contributed by atoms with Crippen LogP contribution in [0, 0.1) is 5.82 Å². The van der Waals surface area contributed by atoms with Gasteiger partial charge in [-0.1, -0.05) is 41.6 Å². The van der Waals surface area contributed by atoms with E-state index in [-0.39, 0.29) is 11.7 Å². The molecule has 1 atom stereocenters. The van der Waals surface area contributed by atoms with Gasteiger partial charge >= 0.3 is 0 Å². The van der Waals surface area contributed by atoms with E-state index in [1.807, 2.05) is 6.07 Å². The van der Waals surface area contributed by atoms with Crippen molar-refractivity contribution in [3.63, 3.8) is 0 Å². The molecular formula is C31H34FN5O. The summed E-state index contributed by atoms with van der Waals surface area (Å²) in [7, 11) is 0. The average molecular weight is 512 g/mol. The van der Waals surface area contributed by atoms with Gasteiger partial charge in [-0.15, -0.1) is 0 Å². The third-order valence-corrected chi connectivity index (χ3v) is 7.95. The van der Waals surface area contributed by atoms with Gasteiger partial charge in [0.05, 0.1) is 11.4 Å². The number of hydrogen-bond acceptors (Lipinski definition) is 6. The Kier molecular flexibility index (Phi) is 7.10. The lowest BCUT2D eigenvalue weighted by Crippen LogP contribution is -2.34. The quantitative estimate of drug-likeness (QED) is 0.262. The Morgan fingerprint density at radius 2 is 1.84 bits per heavy atom. The number of aliphatic imine (C=N–C) groups is 1.